The molecule has 0 saturated carbocycles. The molecular weight excluding hydrogens is 383 g/mol. The second kappa shape index (κ2) is 5.87. The minimum atomic E-state index is -3.61. The molecule has 1 aliphatic heterocycles. The Morgan fingerprint density at radius 1 is 1.00 bits per heavy atom. The first kappa shape index (κ1) is 16.4. The summed E-state index contributed by atoms with van der Waals surface area (Å²) in [5.74, 6) is -0.301. The van der Waals surface area contributed by atoms with Crippen molar-refractivity contribution in [3.05, 3.63) is 77.6 Å². The van der Waals surface area contributed by atoms with Crippen LogP contribution < -0.4 is 4.31 Å². The number of hydrogen-bond donors (Lipinski definition) is 0. The van der Waals surface area contributed by atoms with E-state index in [9.17, 15) is 12.8 Å². The van der Waals surface area contributed by atoms with Gasteiger partial charge in [0.1, 0.15) is 10.8 Å². The van der Waals surface area contributed by atoms with Gasteiger partial charge in [-0.15, -0.1) is 11.3 Å². The van der Waals surface area contributed by atoms with Crippen LogP contribution >= 0.6 is 11.3 Å². The second-order valence-corrected chi connectivity index (χ2v) is 8.98. The van der Waals surface area contributed by atoms with Crippen molar-refractivity contribution in [3.8, 4) is 10.6 Å². The number of sulfonamides is 1. The first-order chi connectivity index (χ1) is 13.0. The number of anilines is 1. The number of thiazole rings is 1. The monoisotopic (exact) mass is 396 g/mol. The first-order valence-electron chi connectivity index (χ1n) is 8.29. The van der Waals surface area contributed by atoms with E-state index < -0.39 is 10.0 Å². The fourth-order valence-electron chi connectivity index (χ4n) is 3.38. The first-order valence-corrected chi connectivity index (χ1v) is 10.6. The largest absolute Gasteiger partial charge is 0.265 e. The summed E-state index contributed by atoms with van der Waals surface area (Å²) in [6.45, 7) is 0.161. The zero-order chi connectivity index (χ0) is 18.6. The average Bonchev–Trinajstić information content (AvgIpc) is 3.21. The molecule has 3 aromatic carbocycles. The lowest BCUT2D eigenvalue weighted by molar-refractivity contribution is 0.593. The molecule has 0 bridgehead atoms. The molecule has 27 heavy (non-hydrogen) atoms. The Morgan fingerprint density at radius 2 is 1.74 bits per heavy atom. The number of benzene rings is 3. The predicted octanol–water partition coefficient (Wildman–Crippen LogP) is 4.81. The van der Waals surface area contributed by atoms with Crippen LogP contribution in [0.1, 0.15) is 5.69 Å². The van der Waals surface area contributed by atoms with Crippen molar-refractivity contribution in [1.82, 2.24) is 4.98 Å². The lowest BCUT2D eigenvalue weighted by Gasteiger charge is -2.17. The molecule has 1 aromatic heterocycles. The highest BCUT2D eigenvalue weighted by Crippen LogP contribution is 2.42. The number of hydrogen-bond acceptors (Lipinski definition) is 4. The second-order valence-electron chi connectivity index (χ2n) is 6.29. The number of nitrogens with zero attached hydrogens (tertiary/aromatic N) is 2. The van der Waals surface area contributed by atoms with Crippen molar-refractivity contribution in [2.45, 2.75) is 11.4 Å². The molecule has 4 aromatic rings. The lowest BCUT2D eigenvalue weighted by Crippen LogP contribution is -2.26. The highest BCUT2D eigenvalue weighted by atomic mass is 32.2. The van der Waals surface area contributed by atoms with E-state index in [-0.39, 0.29) is 12.4 Å². The molecule has 0 spiro atoms. The van der Waals surface area contributed by atoms with Crippen molar-refractivity contribution in [2.24, 2.45) is 0 Å². The third kappa shape index (κ3) is 2.54. The Kier molecular flexibility index (Phi) is 3.57. The molecule has 0 radical (unpaired) electrons. The molecule has 0 unspecified atom stereocenters. The molecule has 0 fully saturated rings. The van der Waals surface area contributed by atoms with Gasteiger partial charge in [-0.05, 0) is 41.8 Å². The normalized spacial score (nSPS) is 14.8. The molecule has 0 aliphatic carbocycles. The zero-order valence-electron chi connectivity index (χ0n) is 14.0. The highest BCUT2D eigenvalue weighted by Gasteiger charge is 2.35. The SMILES string of the molecule is O=S1(=O)c2cccc3cccc(c23)N1Cc1csc(-c2ccc(F)cc2)n1. The number of aromatic nitrogens is 1. The quantitative estimate of drug-likeness (QED) is 0.499. The highest BCUT2D eigenvalue weighted by molar-refractivity contribution is 7.93. The smallest absolute Gasteiger partial charge is 0.260 e. The maximum Gasteiger partial charge on any atom is 0.265 e. The van der Waals surface area contributed by atoms with E-state index >= 15 is 0 Å². The van der Waals surface area contributed by atoms with E-state index in [0.29, 0.717) is 16.3 Å². The summed E-state index contributed by atoms with van der Waals surface area (Å²) in [5.41, 5.74) is 2.15. The molecule has 134 valence electrons. The lowest BCUT2D eigenvalue weighted by atomic mass is 10.1. The summed E-state index contributed by atoms with van der Waals surface area (Å²) in [5, 5.41) is 4.24. The van der Waals surface area contributed by atoms with Crippen LogP contribution in [0.4, 0.5) is 10.1 Å². The van der Waals surface area contributed by atoms with E-state index in [2.05, 4.69) is 4.98 Å². The molecule has 0 saturated heterocycles. The number of rotatable bonds is 3. The van der Waals surface area contributed by atoms with Gasteiger partial charge in [-0.1, -0.05) is 24.3 Å². The van der Waals surface area contributed by atoms with Crippen molar-refractivity contribution < 1.29 is 12.8 Å². The van der Waals surface area contributed by atoms with Crippen LogP contribution in [0.2, 0.25) is 0 Å². The Balaban J connectivity index is 1.54. The van der Waals surface area contributed by atoms with Crippen LogP contribution in [-0.2, 0) is 16.6 Å². The van der Waals surface area contributed by atoms with E-state index in [0.717, 1.165) is 21.3 Å². The Bertz CT molecular complexity index is 1280. The van der Waals surface area contributed by atoms with Gasteiger partial charge < -0.3 is 0 Å². The molecule has 5 rings (SSSR count). The molecule has 0 N–H and O–H groups in total. The standard InChI is InChI=1S/C20H13FN2O2S2/c21-15-9-7-14(8-10-15)20-22-16(12-26-20)11-23-17-5-1-3-13-4-2-6-18(19(13)17)27(23,24)25/h1-10,12H,11H2. The van der Waals surface area contributed by atoms with Crippen LogP contribution in [0.3, 0.4) is 0 Å². The molecule has 4 nitrogen and oxygen atoms in total. The summed E-state index contributed by atoms with van der Waals surface area (Å²) in [6.07, 6.45) is 0. The van der Waals surface area contributed by atoms with Crippen LogP contribution in [0, 0.1) is 5.82 Å². The van der Waals surface area contributed by atoms with Gasteiger partial charge in [-0.2, -0.15) is 0 Å². The van der Waals surface area contributed by atoms with E-state index in [4.69, 9.17) is 0 Å². The molecule has 2 heterocycles. The van der Waals surface area contributed by atoms with Crippen molar-refractivity contribution in [3.63, 3.8) is 0 Å². The summed E-state index contributed by atoms with van der Waals surface area (Å²) in [6, 6.07) is 17.0. The summed E-state index contributed by atoms with van der Waals surface area (Å²) < 4.78 is 40.6. The third-order valence-electron chi connectivity index (χ3n) is 4.63. The Morgan fingerprint density at radius 3 is 2.52 bits per heavy atom. The summed E-state index contributed by atoms with van der Waals surface area (Å²) >= 11 is 1.41. The molecule has 7 heteroatoms. The van der Waals surface area contributed by atoms with Crippen LogP contribution in [0.5, 0.6) is 0 Å². The van der Waals surface area contributed by atoms with Crippen LogP contribution in [0.25, 0.3) is 21.3 Å². The van der Waals surface area contributed by atoms with Gasteiger partial charge in [0.2, 0.25) is 0 Å². The van der Waals surface area contributed by atoms with Gasteiger partial charge >= 0.3 is 0 Å². The van der Waals surface area contributed by atoms with Gasteiger partial charge in [-0.25, -0.2) is 17.8 Å². The fourth-order valence-corrected chi connectivity index (χ4v) is 5.88. The van der Waals surface area contributed by atoms with E-state index in [1.54, 1.807) is 24.3 Å². The molecular formula is C20H13FN2O2S2. The molecule has 1 aliphatic rings. The zero-order valence-corrected chi connectivity index (χ0v) is 15.6. The maximum atomic E-state index is 13.1. The van der Waals surface area contributed by atoms with Crippen LogP contribution in [0.15, 0.2) is 70.9 Å². The minimum Gasteiger partial charge on any atom is -0.260 e. The van der Waals surface area contributed by atoms with Crippen molar-refractivity contribution in [2.75, 3.05) is 4.31 Å². The van der Waals surface area contributed by atoms with Crippen LogP contribution in [-0.4, -0.2) is 13.4 Å². The summed E-state index contributed by atoms with van der Waals surface area (Å²) in [4.78, 5) is 4.89. The van der Waals surface area contributed by atoms with Gasteiger partial charge in [0.15, 0.2) is 0 Å². The van der Waals surface area contributed by atoms with Crippen molar-refractivity contribution >= 4 is 37.8 Å². The van der Waals surface area contributed by atoms with Gasteiger partial charge in [-0.3, -0.25) is 4.31 Å². The minimum absolute atomic E-state index is 0.161. The average molecular weight is 396 g/mol. The summed E-state index contributed by atoms with van der Waals surface area (Å²) in [7, 11) is -3.61. The van der Waals surface area contributed by atoms with Gasteiger partial charge in [0.05, 0.1) is 22.8 Å². The Hall–Kier alpha value is -2.77. The molecule has 0 atom stereocenters. The van der Waals surface area contributed by atoms with Crippen molar-refractivity contribution in [1.29, 1.82) is 0 Å². The topological polar surface area (TPSA) is 50.3 Å². The predicted molar refractivity (Wildman–Crippen MR) is 105 cm³/mol. The number of halogens is 1. The molecule has 0 amide bonds. The van der Waals surface area contributed by atoms with E-state index in [1.165, 1.54) is 27.8 Å². The maximum absolute atomic E-state index is 13.1. The van der Waals surface area contributed by atoms with Gasteiger partial charge in [0.25, 0.3) is 10.0 Å². The third-order valence-corrected chi connectivity index (χ3v) is 7.37. The van der Waals surface area contributed by atoms with Gasteiger partial charge in [0, 0.05) is 16.3 Å². The Labute approximate surface area is 159 Å². The van der Waals surface area contributed by atoms with E-state index in [1.807, 2.05) is 29.6 Å². The fraction of sp³-hybridized carbons (Fsp3) is 0.0500.